The number of nitrogens with zero attached hydrogens (tertiary/aromatic N) is 4. The lowest BCUT2D eigenvalue weighted by Crippen LogP contribution is -2.50. The first-order valence-electron chi connectivity index (χ1n) is 16.7. The molecule has 2 amide bonds. The topological polar surface area (TPSA) is 147 Å². The van der Waals surface area contributed by atoms with E-state index in [4.69, 9.17) is 25.4 Å². The third-order valence-corrected chi connectivity index (χ3v) is 9.19. The van der Waals surface area contributed by atoms with Gasteiger partial charge in [0.1, 0.15) is 6.61 Å². The molecule has 2 aliphatic carbocycles. The second kappa shape index (κ2) is 15.7. The maximum absolute atomic E-state index is 13.2. The zero-order valence-corrected chi connectivity index (χ0v) is 28.2. The van der Waals surface area contributed by atoms with Gasteiger partial charge in [-0.25, -0.2) is 0 Å². The van der Waals surface area contributed by atoms with Gasteiger partial charge in [-0.2, -0.15) is 15.0 Å². The number of anilines is 4. The largest absolute Gasteiger partial charge is 0.368 e. The number of aromatic nitrogens is 3. The van der Waals surface area contributed by atoms with Gasteiger partial charge in [-0.15, -0.1) is 0 Å². The summed E-state index contributed by atoms with van der Waals surface area (Å²) in [5, 5.41) is 10.1. The Balaban J connectivity index is 1.49. The summed E-state index contributed by atoms with van der Waals surface area (Å²) in [5.74, 6) is 2.80. The molecule has 1 aromatic carbocycles. The fraction of sp³-hybridized carbons (Fsp3) is 0.676. The molecule has 5 N–H and O–H groups in total. The van der Waals surface area contributed by atoms with Crippen molar-refractivity contribution in [3.8, 4) is 0 Å². The predicted molar refractivity (Wildman–Crippen MR) is 180 cm³/mol. The van der Waals surface area contributed by atoms with Crippen LogP contribution in [0.25, 0.3) is 0 Å². The van der Waals surface area contributed by atoms with Crippen LogP contribution in [-0.4, -0.2) is 65.2 Å². The van der Waals surface area contributed by atoms with Crippen LogP contribution in [0.5, 0.6) is 0 Å². The highest BCUT2D eigenvalue weighted by Gasteiger charge is 2.33. The van der Waals surface area contributed by atoms with Gasteiger partial charge in [-0.1, -0.05) is 59.9 Å². The van der Waals surface area contributed by atoms with Crippen molar-refractivity contribution in [2.24, 2.45) is 29.4 Å². The maximum atomic E-state index is 13.2. The van der Waals surface area contributed by atoms with Crippen molar-refractivity contribution in [1.29, 1.82) is 0 Å². The van der Waals surface area contributed by atoms with Gasteiger partial charge in [0.15, 0.2) is 0 Å². The molecule has 11 heteroatoms. The van der Waals surface area contributed by atoms with Crippen LogP contribution in [0.1, 0.15) is 95.5 Å². The summed E-state index contributed by atoms with van der Waals surface area (Å²) >= 11 is 0. The van der Waals surface area contributed by atoms with Crippen molar-refractivity contribution in [3.63, 3.8) is 0 Å². The molecule has 2 aliphatic rings. The van der Waals surface area contributed by atoms with Crippen molar-refractivity contribution < 1.29 is 14.3 Å². The summed E-state index contributed by atoms with van der Waals surface area (Å²) in [4.78, 5) is 41.2. The standard InChI is InChI=1S/C34H54N8O3/c1-20(2)18-42(7)34-40-32(39-33(41-34)38-28-17-24(31(35)44)14-13-23(28)6)37-27-11-9-8-10-26(27)36-30(43)19-45-29-16-22(5)12-15-25(29)21(3)4/h13-14,17,20-22,25-27,29H,8-12,15-16,18-19H2,1-7H3,(H2,35,44)(H,36,43)(H2,37,38,39,40,41)/t22-,25-,26+,27-,29+/m0/s1. The highest BCUT2D eigenvalue weighted by molar-refractivity contribution is 5.94. The summed E-state index contributed by atoms with van der Waals surface area (Å²) in [6.07, 6.45) is 7.37. The van der Waals surface area contributed by atoms with Crippen LogP contribution in [0.4, 0.5) is 23.5 Å². The SMILES string of the molecule is Cc1ccc(C(N)=O)cc1Nc1nc(N[C@H]2CCCC[C@H]2NC(=O)CO[C@@H]2C[C@@H](C)CC[C@H]2C(C)C)nc(N(C)CC(C)C)n1. The molecule has 5 atom stereocenters. The van der Waals surface area contributed by atoms with Gasteiger partial charge in [0.25, 0.3) is 0 Å². The van der Waals surface area contributed by atoms with Crippen LogP contribution in [0.3, 0.4) is 0 Å². The van der Waals surface area contributed by atoms with Gasteiger partial charge in [-0.05, 0) is 74.0 Å². The Kier molecular flexibility index (Phi) is 12.0. The van der Waals surface area contributed by atoms with E-state index >= 15 is 0 Å². The molecule has 4 rings (SSSR count). The second-order valence-electron chi connectivity index (χ2n) is 14.0. The second-order valence-corrected chi connectivity index (χ2v) is 14.0. The van der Waals surface area contributed by atoms with Crippen LogP contribution in [0, 0.1) is 30.6 Å². The zero-order valence-electron chi connectivity index (χ0n) is 28.2. The summed E-state index contributed by atoms with van der Waals surface area (Å²) in [6, 6.07) is 5.13. The number of amides is 2. The molecular weight excluding hydrogens is 568 g/mol. The molecule has 45 heavy (non-hydrogen) atoms. The van der Waals surface area contributed by atoms with Gasteiger partial charge in [0, 0.05) is 36.9 Å². The lowest BCUT2D eigenvalue weighted by atomic mass is 9.75. The van der Waals surface area contributed by atoms with E-state index in [2.05, 4.69) is 50.6 Å². The quantitative estimate of drug-likeness (QED) is 0.229. The lowest BCUT2D eigenvalue weighted by molar-refractivity contribution is -0.132. The fourth-order valence-corrected chi connectivity index (χ4v) is 6.70. The van der Waals surface area contributed by atoms with Crippen LogP contribution >= 0.6 is 0 Å². The number of carbonyl (C=O) groups is 2. The maximum Gasteiger partial charge on any atom is 0.248 e. The summed E-state index contributed by atoms with van der Waals surface area (Å²) < 4.78 is 6.25. The highest BCUT2D eigenvalue weighted by atomic mass is 16.5. The average molecular weight is 623 g/mol. The molecule has 248 valence electrons. The molecule has 0 unspecified atom stereocenters. The minimum absolute atomic E-state index is 0.0424. The fourth-order valence-electron chi connectivity index (χ4n) is 6.70. The number of primary amides is 1. The Morgan fingerprint density at radius 1 is 1.02 bits per heavy atom. The van der Waals surface area contributed by atoms with Gasteiger partial charge >= 0.3 is 0 Å². The average Bonchev–Trinajstić information content (AvgIpc) is 2.97. The van der Waals surface area contributed by atoms with E-state index in [1.54, 1.807) is 12.1 Å². The van der Waals surface area contributed by atoms with Crippen LogP contribution in [-0.2, 0) is 9.53 Å². The number of ether oxygens (including phenoxy) is 1. The van der Waals surface area contributed by atoms with Gasteiger partial charge in [-0.3, -0.25) is 9.59 Å². The van der Waals surface area contributed by atoms with Crippen molar-refractivity contribution in [3.05, 3.63) is 29.3 Å². The van der Waals surface area contributed by atoms with E-state index in [9.17, 15) is 9.59 Å². The molecule has 1 aromatic heterocycles. The smallest absolute Gasteiger partial charge is 0.248 e. The Hall–Kier alpha value is -3.47. The van der Waals surface area contributed by atoms with E-state index in [0.717, 1.165) is 50.6 Å². The zero-order chi connectivity index (χ0) is 32.7. The first kappa shape index (κ1) is 34.4. The minimum atomic E-state index is -0.503. The minimum Gasteiger partial charge on any atom is -0.368 e. The molecule has 2 fully saturated rings. The number of hydrogen-bond acceptors (Lipinski definition) is 9. The number of benzene rings is 1. The van der Waals surface area contributed by atoms with E-state index in [0.29, 0.717) is 52.8 Å². The number of carbonyl (C=O) groups excluding carboxylic acids is 2. The van der Waals surface area contributed by atoms with E-state index < -0.39 is 5.91 Å². The van der Waals surface area contributed by atoms with Gasteiger partial charge in [0.2, 0.25) is 29.7 Å². The van der Waals surface area contributed by atoms with Crippen LogP contribution in [0.2, 0.25) is 0 Å². The van der Waals surface area contributed by atoms with Crippen LogP contribution < -0.4 is 26.6 Å². The molecule has 1 heterocycles. The molecule has 2 saturated carbocycles. The summed E-state index contributed by atoms with van der Waals surface area (Å²) in [7, 11) is 1.96. The third-order valence-electron chi connectivity index (χ3n) is 9.19. The molecular formula is C34H54N8O3. The lowest BCUT2D eigenvalue weighted by Gasteiger charge is -2.37. The number of hydrogen-bond donors (Lipinski definition) is 4. The number of nitrogens with one attached hydrogen (secondary N) is 3. The summed E-state index contributed by atoms with van der Waals surface area (Å²) in [6.45, 7) is 13.9. The van der Waals surface area contributed by atoms with Gasteiger partial charge < -0.3 is 31.3 Å². The molecule has 11 nitrogen and oxygen atoms in total. The Morgan fingerprint density at radius 3 is 2.42 bits per heavy atom. The first-order chi connectivity index (χ1) is 21.4. The van der Waals surface area contributed by atoms with E-state index in [1.807, 2.05) is 24.9 Å². The van der Waals surface area contributed by atoms with Crippen molar-refractivity contribution in [2.45, 2.75) is 105 Å². The van der Waals surface area contributed by atoms with E-state index in [-0.39, 0.29) is 30.7 Å². The summed E-state index contributed by atoms with van der Waals surface area (Å²) in [5.41, 5.74) is 7.54. The molecule has 0 radical (unpaired) electrons. The molecule has 0 aliphatic heterocycles. The first-order valence-corrected chi connectivity index (χ1v) is 16.7. The van der Waals surface area contributed by atoms with Crippen molar-refractivity contribution in [2.75, 3.05) is 35.7 Å². The van der Waals surface area contributed by atoms with E-state index in [1.165, 1.54) is 6.42 Å². The normalized spacial score (nSPS) is 23.5. The predicted octanol–water partition coefficient (Wildman–Crippen LogP) is 5.43. The van der Waals surface area contributed by atoms with Crippen molar-refractivity contribution in [1.82, 2.24) is 20.3 Å². The number of aryl methyl sites for hydroxylation is 1. The van der Waals surface area contributed by atoms with Gasteiger partial charge in [0.05, 0.1) is 6.10 Å². The highest BCUT2D eigenvalue weighted by Crippen LogP contribution is 2.35. The molecule has 0 spiro atoms. The third kappa shape index (κ3) is 9.76. The number of rotatable bonds is 13. The Labute approximate surface area is 268 Å². The number of nitrogens with two attached hydrogens (primary N) is 1. The van der Waals surface area contributed by atoms with Crippen LogP contribution in [0.15, 0.2) is 18.2 Å². The monoisotopic (exact) mass is 622 g/mol. The molecule has 0 bridgehead atoms. The molecule has 0 saturated heterocycles. The Morgan fingerprint density at radius 2 is 1.73 bits per heavy atom. The Bertz CT molecular complexity index is 1300. The van der Waals surface area contributed by atoms with Crippen molar-refractivity contribution >= 4 is 35.3 Å². The molecule has 2 aromatic rings.